The van der Waals surface area contributed by atoms with Gasteiger partial charge in [-0.15, -0.1) is 0 Å². The fourth-order valence-corrected chi connectivity index (χ4v) is 5.37. The van der Waals surface area contributed by atoms with Crippen molar-refractivity contribution >= 4 is 5.97 Å². The zero-order valence-electron chi connectivity index (χ0n) is 22.7. The van der Waals surface area contributed by atoms with Gasteiger partial charge in [0.25, 0.3) is 0 Å². The Morgan fingerprint density at radius 2 is 1.61 bits per heavy atom. The van der Waals surface area contributed by atoms with Crippen LogP contribution in [0.1, 0.15) is 44.9 Å². The summed E-state index contributed by atoms with van der Waals surface area (Å²) in [4.78, 5) is 13.5. The molecule has 2 aromatic rings. The number of carbonyl (C=O) groups excluding carboxylic acids is 1. The summed E-state index contributed by atoms with van der Waals surface area (Å²) in [6, 6.07) is 3.54. The Kier molecular flexibility index (Phi) is 6.30. The van der Waals surface area contributed by atoms with Crippen molar-refractivity contribution < 1.29 is 48.2 Å². The molecule has 0 aromatic heterocycles. The van der Waals surface area contributed by atoms with Crippen molar-refractivity contribution in [2.24, 2.45) is 11.8 Å². The van der Waals surface area contributed by atoms with Gasteiger partial charge in [-0.3, -0.25) is 0 Å². The molecule has 0 unspecified atom stereocenters. The van der Waals surface area contributed by atoms with Crippen molar-refractivity contribution in [2.45, 2.75) is 51.4 Å². The maximum absolute atomic E-state index is 13.5. The van der Waals surface area contributed by atoms with Gasteiger partial charge in [0, 0.05) is 22.6 Å². The zero-order chi connectivity index (χ0) is 27.6. The summed E-state index contributed by atoms with van der Waals surface area (Å²) >= 11 is 0. The first-order valence-corrected chi connectivity index (χ1v) is 12.5. The monoisotopic (exact) mass is 530 g/mol. The number of hydrogen-bond donors (Lipinski definition) is 2. The van der Waals surface area contributed by atoms with E-state index in [0.29, 0.717) is 57.6 Å². The van der Waals surface area contributed by atoms with Gasteiger partial charge in [-0.05, 0) is 43.9 Å². The smallest absolute Gasteiger partial charge is 0.338 e. The first kappa shape index (κ1) is 26.2. The van der Waals surface area contributed by atoms with Gasteiger partial charge in [0.05, 0.1) is 27.9 Å². The van der Waals surface area contributed by atoms with Crippen LogP contribution in [0, 0.1) is 11.8 Å². The van der Waals surface area contributed by atoms with E-state index in [1.54, 1.807) is 19.9 Å². The summed E-state index contributed by atoms with van der Waals surface area (Å²) in [5.41, 5.74) is -1.15. The summed E-state index contributed by atoms with van der Waals surface area (Å²) in [6.45, 7) is 6.54. The highest BCUT2D eigenvalue weighted by atomic mass is 16.7. The third kappa shape index (κ3) is 3.72. The Hall–Kier alpha value is -3.37. The van der Waals surface area contributed by atoms with Crippen molar-refractivity contribution in [3.63, 3.8) is 0 Å². The topological polar surface area (TPSA) is 122 Å². The van der Waals surface area contributed by atoms with Crippen LogP contribution in [0.4, 0.5) is 0 Å². The Labute approximate surface area is 221 Å². The lowest BCUT2D eigenvalue weighted by atomic mass is 9.73. The number of hydrogen-bond acceptors (Lipinski definition) is 10. The molecule has 0 amide bonds. The molecule has 2 aliphatic heterocycles. The fourth-order valence-electron chi connectivity index (χ4n) is 5.37. The van der Waals surface area contributed by atoms with E-state index in [2.05, 4.69) is 0 Å². The Balaban J connectivity index is 1.98. The number of aliphatic hydroxyl groups is 2. The van der Waals surface area contributed by atoms with Crippen LogP contribution in [-0.4, -0.2) is 62.1 Å². The average Bonchev–Trinajstić information content (AvgIpc) is 3.35. The molecule has 2 heterocycles. The number of methoxy groups -OCH3 is 3. The van der Waals surface area contributed by atoms with Crippen LogP contribution in [0.25, 0.3) is 11.1 Å². The number of fused-ring (bicyclic) bond motifs is 2. The quantitative estimate of drug-likeness (QED) is 0.571. The van der Waals surface area contributed by atoms with Gasteiger partial charge in [0.1, 0.15) is 5.60 Å². The van der Waals surface area contributed by atoms with E-state index in [9.17, 15) is 15.0 Å². The van der Waals surface area contributed by atoms with Crippen LogP contribution in [0.5, 0.6) is 34.5 Å². The second-order valence-corrected chi connectivity index (χ2v) is 10.6. The maximum atomic E-state index is 13.5. The SMILES string of the molecule is COc1cc2c(c(OC)c1OC)-c1c3cc4c(c1OC[C@@H](C)[C@@](C)(O)C(=O)O[C@@H]2[C@](C)(O)[C@H](C)C3)OCO4. The summed E-state index contributed by atoms with van der Waals surface area (Å²) < 4.78 is 41.2. The highest BCUT2D eigenvalue weighted by Crippen LogP contribution is 2.59. The van der Waals surface area contributed by atoms with Gasteiger partial charge < -0.3 is 43.4 Å². The summed E-state index contributed by atoms with van der Waals surface area (Å²) in [5, 5.41) is 23.3. The fraction of sp³-hybridized carbons (Fsp3) is 0.536. The van der Waals surface area contributed by atoms with Gasteiger partial charge >= 0.3 is 5.97 Å². The number of rotatable bonds is 3. The second-order valence-electron chi connectivity index (χ2n) is 10.6. The van der Waals surface area contributed by atoms with Crippen LogP contribution >= 0.6 is 0 Å². The molecule has 0 saturated carbocycles. The van der Waals surface area contributed by atoms with E-state index in [-0.39, 0.29) is 13.4 Å². The lowest BCUT2D eigenvalue weighted by Crippen LogP contribution is -2.49. The zero-order valence-corrected chi connectivity index (χ0v) is 22.7. The van der Waals surface area contributed by atoms with E-state index in [4.69, 9.17) is 33.2 Å². The summed E-state index contributed by atoms with van der Waals surface area (Å²) in [6.07, 6.45) is -0.830. The van der Waals surface area contributed by atoms with Crippen LogP contribution in [-0.2, 0) is 16.0 Å². The highest BCUT2D eigenvalue weighted by Gasteiger charge is 2.50. The molecule has 10 heteroatoms. The van der Waals surface area contributed by atoms with Gasteiger partial charge in [0.15, 0.2) is 34.7 Å². The van der Waals surface area contributed by atoms with E-state index >= 15 is 0 Å². The van der Waals surface area contributed by atoms with Crippen molar-refractivity contribution in [3.05, 3.63) is 23.3 Å². The van der Waals surface area contributed by atoms with Gasteiger partial charge in [0.2, 0.25) is 18.3 Å². The minimum absolute atomic E-state index is 0.00920. The molecule has 2 N–H and O–H groups in total. The minimum Gasteiger partial charge on any atom is -0.493 e. The van der Waals surface area contributed by atoms with Crippen molar-refractivity contribution in [3.8, 4) is 45.6 Å². The normalized spacial score (nSPS) is 29.7. The lowest BCUT2D eigenvalue weighted by Gasteiger charge is -2.41. The van der Waals surface area contributed by atoms with Crippen LogP contribution in [0.3, 0.4) is 0 Å². The molecule has 0 fully saturated rings. The lowest BCUT2D eigenvalue weighted by molar-refractivity contribution is -0.194. The van der Waals surface area contributed by atoms with Gasteiger partial charge in [-0.2, -0.15) is 0 Å². The standard InChI is InChI=1S/C28H34O10/c1-13-8-15-9-18-22(37-12-36-18)24-19(15)20-16(10-17(32-5)21(33-6)23(20)34-7)25(27(13,3)30)38-26(29)28(4,31)14(2)11-35-24/h9-10,13-14,25,30-31H,8,11-12H2,1-7H3/t13-,14-,25+,27-,28-/m1/s1. The highest BCUT2D eigenvalue weighted by molar-refractivity contribution is 5.89. The first-order chi connectivity index (χ1) is 18.0. The summed E-state index contributed by atoms with van der Waals surface area (Å²) in [7, 11) is 4.47. The van der Waals surface area contributed by atoms with Gasteiger partial charge in [-0.1, -0.05) is 13.8 Å². The minimum atomic E-state index is -1.92. The third-order valence-electron chi connectivity index (χ3n) is 8.22. The molecule has 1 aliphatic carbocycles. The molecule has 3 aliphatic rings. The van der Waals surface area contributed by atoms with Crippen molar-refractivity contribution in [2.75, 3.05) is 34.7 Å². The van der Waals surface area contributed by atoms with Crippen molar-refractivity contribution in [1.82, 2.24) is 0 Å². The second kappa shape index (κ2) is 9.13. The number of esters is 1. The maximum Gasteiger partial charge on any atom is 0.338 e. The molecule has 5 atom stereocenters. The largest absolute Gasteiger partial charge is 0.493 e. The van der Waals surface area contributed by atoms with Crippen molar-refractivity contribution in [1.29, 1.82) is 0 Å². The molecule has 0 saturated heterocycles. The first-order valence-electron chi connectivity index (χ1n) is 12.5. The van der Waals surface area contributed by atoms with Crippen LogP contribution < -0.4 is 28.4 Å². The molecule has 206 valence electrons. The average molecular weight is 531 g/mol. The van der Waals surface area contributed by atoms with Crippen LogP contribution in [0.15, 0.2) is 12.1 Å². The van der Waals surface area contributed by atoms with Gasteiger partial charge in [-0.25, -0.2) is 4.79 Å². The van der Waals surface area contributed by atoms with E-state index in [1.165, 1.54) is 28.3 Å². The molecule has 0 spiro atoms. The Morgan fingerprint density at radius 3 is 2.26 bits per heavy atom. The number of ether oxygens (including phenoxy) is 7. The van der Waals surface area contributed by atoms with Crippen LogP contribution in [0.2, 0.25) is 0 Å². The predicted molar refractivity (Wildman–Crippen MR) is 135 cm³/mol. The Morgan fingerprint density at radius 1 is 0.895 bits per heavy atom. The number of benzene rings is 2. The molecule has 2 bridgehead atoms. The molecule has 0 radical (unpaired) electrons. The molecule has 10 nitrogen and oxygen atoms in total. The van der Waals surface area contributed by atoms with E-state index < -0.39 is 35.1 Å². The molecule has 5 rings (SSSR count). The van der Waals surface area contributed by atoms with E-state index in [1.807, 2.05) is 13.0 Å². The Bertz CT molecular complexity index is 1280. The van der Waals surface area contributed by atoms with E-state index in [0.717, 1.165) is 5.56 Å². The predicted octanol–water partition coefficient (Wildman–Crippen LogP) is 3.42. The molecular formula is C28H34O10. The summed E-state index contributed by atoms with van der Waals surface area (Å²) in [5.74, 6) is 0.241. The molecule has 38 heavy (non-hydrogen) atoms. The molecular weight excluding hydrogens is 496 g/mol. The third-order valence-corrected chi connectivity index (χ3v) is 8.22. The molecule has 2 aromatic carbocycles. The number of carbonyl (C=O) groups is 1.